The Balaban J connectivity index is 1.77. The van der Waals surface area contributed by atoms with E-state index in [1.165, 1.54) is 12.1 Å². The van der Waals surface area contributed by atoms with Crippen LogP contribution in [0.15, 0.2) is 21.2 Å². The summed E-state index contributed by atoms with van der Waals surface area (Å²) >= 11 is 3.04. The maximum atomic E-state index is 11.5. The van der Waals surface area contributed by atoms with E-state index >= 15 is 0 Å². The molecule has 1 fully saturated rings. The number of carbonyl (C=O) groups excluding carboxylic acids is 2. The minimum atomic E-state index is -3.06. The number of ether oxygens (including phenoxy) is 1. The number of hydrogen-bond donors (Lipinski definition) is 1. The highest BCUT2D eigenvalue weighted by Crippen LogP contribution is 2.15. The van der Waals surface area contributed by atoms with Crippen molar-refractivity contribution in [2.45, 2.75) is 12.5 Å². The van der Waals surface area contributed by atoms with Crippen LogP contribution in [0.3, 0.4) is 0 Å². The first-order valence-corrected chi connectivity index (χ1v) is 8.39. The van der Waals surface area contributed by atoms with E-state index in [4.69, 9.17) is 9.15 Å². The Morgan fingerprint density at radius 1 is 1.45 bits per heavy atom. The zero-order chi connectivity index (χ0) is 14.8. The summed E-state index contributed by atoms with van der Waals surface area (Å²) in [7, 11) is -3.06. The van der Waals surface area contributed by atoms with E-state index in [1.807, 2.05) is 0 Å². The Morgan fingerprint density at radius 3 is 2.75 bits per heavy atom. The fourth-order valence-corrected chi connectivity index (χ4v) is 3.78. The highest BCUT2D eigenvalue weighted by molar-refractivity contribution is 9.10. The molecule has 0 aliphatic carbocycles. The van der Waals surface area contributed by atoms with Gasteiger partial charge < -0.3 is 14.5 Å². The fraction of sp³-hybridized carbons (Fsp3) is 0.455. The first-order chi connectivity index (χ1) is 9.35. The van der Waals surface area contributed by atoms with Crippen molar-refractivity contribution < 1.29 is 27.2 Å². The summed E-state index contributed by atoms with van der Waals surface area (Å²) in [6, 6.07) is 2.53. The highest BCUT2D eigenvalue weighted by atomic mass is 79.9. The quantitative estimate of drug-likeness (QED) is 0.779. The van der Waals surface area contributed by atoms with Crippen LogP contribution in [0.1, 0.15) is 17.0 Å². The standard InChI is InChI=1S/C11H12BrNO6S/c12-9-2-1-8(19-9)11(15)18-5-10(14)13-7-3-4-20(16,17)6-7/h1-2,7H,3-6H2,(H,13,14)/t7-/m1/s1. The van der Waals surface area contributed by atoms with Crippen molar-refractivity contribution in [1.82, 2.24) is 5.32 Å². The molecule has 9 heteroatoms. The molecule has 0 bridgehead atoms. The molecule has 2 rings (SSSR count). The van der Waals surface area contributed by atoms with Gasteiger partial charge in [0.15, 0.2) is 21.1 Å². The van der Waals surface area contributed by atoms with Crippen LogP contribution in [0.25, 0.3) is 0 Å². The number of hydrogen-bond acceptors (Lipinski definition) is 6. The summed E-state index contributed by atoms with van der Waals surface area (Å²) < 4.78 is 32.5. The Bertz CT molecular complexity index is 623. The highest BCUT2D eigenvalue weighted by Gasteiger charge is 2.29. The number of rotatable bonds is 4. The van der Waals surface area contributed by atoms with Crippen LogP contribution >= 0.6 is 15.9 Å². The monoisotopic (exact) mass is 365 g/mol. The lowest BCUT2D eigenvalue weighted by Gasteiger charge is -2.10. The van der Waals surface area contributed by atoms with Gasteiger partial charge in [-0.15, -0.1) is 0 Å². The topological polar surface area (TPSA) is 103 Å². The van der Waals surface area contributed by atoms with Gasteiger partial charge in [0.1, 0.15) is 0 Å². The molecular weight excluding hydrogens is 354 g/mol. The van der Waals surface area contributed by atoms with E-state index < -0.39 is 34.4 Å². The van der Waals surface area contributed by atoms with Crippen LogP contribution in [0.4, 0.5) is 0 Å². The lowest BCUT2D eigenvalue weighted by molar-refractivity contribution is -0.124. The predicted octanol–water partition coefficient (Wildman–Crippen LogP) is 0.502. The molecule has 1 aliphatic heterocycles. The summed E-state index contributed by atoms with van der Waals surface area (Å²) in [6.07, 6.45) is 0.382. The smallest absolute Gasteiger partial charge is 0.374 e. The van der Waals surface area contributed by atoms with Gasteiger partial charge in [-0.1, -0.05) is 0 Å². The van der Waals surface area contributed by atoms with Crippen molar-refractivity contribution in [3.63, 3.8) is 0 Å². The van der Waals surface area contributed by atoms with Crippen LogP contribution < -0.4 is 5.32 Å². The third kappa shape index (κ3) is 4.07. The maximum Gasteiger partial charge on any atom is 0.374 e. The molecule has 1 aromatic heterocycles. The molecule has 1 amide bonds. The third-order valence-electron chi connectivity index (χ3n) is 2.71. The number of furan rings is 1. The fourth-order valence-electron chi connectivity index (χ4n) is 1.80. The zero-order valence-corrected chi connectivity index (χ0v) is 12.7. The van der Waals surface area contributed by atoms with Gasteiger partial charge in [-0.25, -0.2) is 13.2 Å². The maximum absolute atomic E-state index is 11.5. The van der Waals surface area contributed by atoms with Gasteiger partial charge >= 0.3 is 5.97 Å². The second kappa shape index (κ2) is 5.96. The number of carbonyl (C=O) groups is 2. The average Bonchev–Trinajstić information content (AvgIpc) is 2.92. The van der Waals surface area contributed by atoms with Crippen molar-refractivity contribution >= 4 is 37.6 Å². The van der Waals surface area contributed by atoms with Crippen molar-refractivity contribution in [2.75, 3.05) is 18.1 Å². The SMILES string of the molecule is O=C(COC(=O)c1ccc(Br)o1)N[C@@H]1CCS(=O)(=O)C1. The molecule has 2 heterocycles. The number of sulfone groups is 1. The van der Waals surface area contributed by atoms with E-state index in [0.29, 0.717) is 11.1 Å². The molecule has 7 nitrogen and oxygen atoms in total. The van der Waals surface area contributed by atoms with Gasteiger partial charge in [0.2, 0.25) is 5.76 Å². The number of amides is 1. The predicted molar refractivity (Wildman–Crippen MR) is 71.9 cm³/mol. The van der Waals surface area contributed by atoms with Crippen LogP contribution in [0, 0.1) is 0 Å². The third-order valence-corrected chi connectivity index (χ3v) is 4.90. The first kappa shape index (κ1) is 15.0. The second-order valence-electron chi connectivity index (χ2n) is 4.35. The van der Waals surface area contributed by atoms with Gasteiger partial charge in [0, 0.05) is 6.04 Å². The van der Waals surface area contributed by atoms with Crippen LogP contribution in [-0.2, 0) is 19.4 Å². The molecule has 20 heavy (non-hydrogen) atoms. The molecule has 1 N–H and O–H groups in total. The Labute approximate surface area is 123 Å². The minimum absolute atomic E-state index is 0.0203. The van der Waals surface area contributed by atoms with Crippen molar-refractivity contribution in [3.8, 4) is 0 Å². The summed E-state index contributed by atoms with van der Waals surface area (Å²) in [5.41, 5.74) is 0. The van der Waals surface area contributed by atoms with Gasteiger partial charge in [0.05, 0.1) is 11.5 Å². The van der Waals surface area contributed by atoms with Crippen molar-refractivity contribution in [3.05, 3.63) is 22.6 Å². The lowest BCUT2D eigenvalue weighted by atomic mass is 10.2. The molecule has 1 saturated heterocycles. The molecule has 110 valence electrons. The van der Waals surface area contributed by atoms with Crippen LogP contribution in [0.2, 0.25) is 0 Å². The van der Waals surface area contributed by atoms with Crippen molar-refractivity contribution in [2.24, 2.45) is 0 Å². The average molecular weight is 366 g/mol. The molecule has 0 saturated carbocycles. The largest absolute Gasteiger partial charge is 0.450 e. The number of halogens is 1. The van der Waals surface area contributed by atoms with E-state index in [0.717, 1.165) is 0 Å². The first-order valence-electron chi connectivity index (χ1n) is 5.78. The zero-order valence-electron chi connectivity index (χ0n) is 10.3. The molecule has 1 atom stereocenters. The molecule has 1 aliphatic rings. The van der Waals surface area contributed by atoms with Crippen LogP contribution in [0.5, 0.6) is 0 Å². The van der Waals surface area contributed by atoms with E-state index in [1.54, 1.807) is 0 Å². The van der Waals surface area contributed by atoms with Crippen LogP contribution in [-0.4, -0.2) is 44.4 Å². The number of esters is 1. The van der Waals surface area contributed by atoms with E-state index in [-0.39, 0.29) is 17.3 Å². The van der Waals surface area contributed by atoms with Gasteiger partial charge in [-0.3, -0.25) is 4.79 Å². The normalized spacial score (nSPS) is 20.6. The van der Waals surface area contributed by atoms with E-state index in [9.17, 15) is 18.0 Å². The Kier molecular flexibility index (Phi) is 4.48. The minimum Gasteiger partial charge on any atom is -0.450 e. The second-order valence-corrected chi connectivity index (χ2v) is 7.36. The lowest BCUT2D eigenvalue weighted by Crippen LogP contribution is -2.38. The summed E-state index contributed by atoms with van der Waals surface area (Å²) in [6.45, 7) is -0.478. The number of nitrogens with one attached hydrogen (secondary N) is 1. The van der Waals surface area contributed by atoms with Gasteiger partial charge in [-0.05, 0) is 34.5 Å². The molecule has 0 spiro atoms. The van der Waals surface area contributed by atoms with E-state index in [2.05, 4.69) is 21.2 Å². The summed E-state index contributed by atoms with van der Waals surface area (Å²) in [4.78, 5) is 23.0. The molecular formula is C11H12BrNO6S. The van der Waals surface area contributed by atoms with Crippen molar-refractivity contribution in [1.29, 1.82) is 0 Å². The molecule has 0 aromatic carbocycles. The molecule has 0 radical (unpaired) electrons. The summed E-state index contributed by atoms with van der Waals surface area (Å²) in [5, 5.41) is 2.51. The van der Waals surface area contributed by atoms with Gasteiger partial charge in [-0.2, -0.15) is 0 Å². The molecule has 0 unspecified atom stereocenters. The molecule has 1 aromatic rings. The van der Waals surface area contributed by atoms with Gasteiger partial charge in [0.25, 0.3) is 5.91 Å². The Hall–Kier alpha value is -1.35. The Morgan fingerprint density at radius 2 is 2.20 bits per heavy atom. The summed E-state index contributed by atoms with van der Waals surface area (Å²) in [5.74, 6) is -1.32.